The number of nitrogen functional groups attached to an aromatic ring is 2. The Morgan fingerprint density at radius 3 is 1.42 bits per heavy atom. The van der Waals surface area contributed by atoms with Crippen LogP contribution in [0.4, 0.5) is 62.4 Å². The van der Waals surface area contributed by atoms with Crippen LogP contribution in [-0.4, -0.2) is 141 Å². The molecule has 0 spiro atoms. The molecule has 430 valence electrons. The van der Waals surface area contributed by atoms with Crippen LogP contribution >= 0.6 is 0 Å². The third-order valence-corrected chi connectivity index (χ3v) is 14.7. The number of halogens is 9. The van der Waals surface area contributed by atoms with Crippen LogP contribution in [0.25, 0.3) is 0 Å². The van der Waals surface area contributed by atoms with Gasteiger partial charge in [-0.25, -0.2) is 44.5 Å². The summed E-state index contributed by atoms with van der Waals surface area (Å²) in [5.74, 6) is -7.11. The molecule has 3 aromatic carbocycles. The van der Waals surface area contributed by atoms with Crippen LogP contribution < -0.4 is 22.1 Å². The molecule has 0 radical (unpaired) electrons. The van der Waals surface area contributed by atoms with Crippen molar-refractivity contribution in [3.8, 4) is 0 Å². The molecular formula is C51H70B2F9N9O6S. The lowest BCUT2D eigenvalue weighted by molar-refractivity contribution is -0.138. The van der Waals surface area contributed by atoms with Crippen molar-refractivity contribution in [3.63, 3.8) is 0 Å². The molecule has 4 aliphatic heterocycles. The molecule has 1 amide bonds. The van der Waals surface area contributed by atoms with E-state index in [1.165, 1.54) is 0 Å². The second kappa shape index (κ2) is 30.3. The Morgan fingerprint density at radius 2 is 1.03 bits per heavy atom. The van der Waals surface area contributed by atoms with E-state index in [1.807, 2.05) is 26.7 Å². The Labute approximate surface area is 451 Å². The number of anilines is 4. The lowest BCUT2D eigenvalue weighted by atomic mass is 9.81. The van der Waals surface area contributed by atoms with Gasteiger partial charge in [-0.3, -0.25) is 13.9 Å². The Morgan fingerprint density at radius 1 is 0.628 bits per heavy atom. The van der Waals surface area contributed by atoms with E-state index >= 15 is 0 Å². The van der Waals surface area contributed by atoms with Crippen molar-refractivity contribution in [3.05, 3.63) is 113 Å². The van der Waals surface area contributed by atoms with Crippen LogP contribution in [0.15, 0.2) is 54.7 Å². The van der Waals surface area contributed by atoms with E-state index in [-0.39, 0.29) is 47.6 Å². The highest BCUT2D eigenvalue weighted by molar-refractivity contribution is 7.85. The zero-order chi connectivity index (χ0) is 57.3. The highest BCUT2D eigenvalue weighted by Crippen LogP contribution is 2.28. The van der Waals surface area contributed by atoms with Crippen molar-refractivity contribution in [2.75, 3.05) is 100 Å². The van der Waals surface area contributed by atoms with Gasteiger partial charge in [0.1, 0.15) is 40.3 Å². The van der Waals surface area contributed by atoms with Gasteiger partial charge < -0.3 is 46.7 Å². The first kappa shape index (κ1) is 63.5. The predicted octanol–water partition coefficient (Wildman–Crippen LogP) is 7.45. The van der Waals surface area contributed by atoms with Gasteiger partial charge in [-0.05, 0) is 140 Å². The number of piperidine rings is 4. The molecule has 8 rings (SSSR count). The monoisotopic (exact) mass is 1130 g/mol. The first-order valence-corrected chi connectivity index (χ1v) is 27.7. The Kier molecular flexibility index (Phi) is 24.7. The highest BCUT2D eigenvalue weighted by atomic mass is 32.2. The molecule has 4 aromatic rings. The van der Waals surface area contributed by atoms with Gasteiger partial charge in [-0.2, -0.15) is 8.42 Å². The average molecular weight is 1130 g/mol. The van der Waals surface area contributed by atoms with Gasteiger partial charge in [0, 0.05) is 81.2 Å². The number of pyridine rings is 1. The van der Waals surface area contributed by atoms with E-state index in [0.717, 1.165) is 109 Å². The van der Waals surface area contributed by atoms with E-state index in [9.17, 15) is 62.8 Å². The van der Waals surface area contributed by atoms with Crippen LogP contribution in [0, 0.1) is 76.0 Å². The number of nitrogens with one attached hydrogen (secondary N) is 2. The average Bonchev–Trinajstić information content (AvgIpc) is 3.38. The molecule has 4 saturated heterocycles. The normalized spacial score (nSPS) is 17.4. The van der Waals surface area contributed by atoms with Crippen LogP contribution in [0.1, 0.15) is 56.9 Å². The van der Waals surface area contributed by atoms with E-state index in [1.54, 1.807) is 19.8 Å². The molecular weight excluding hydrogens is 1060 g/mol. The van der Waals surface area contributed by atoms with Crippen molar-refractivity contribution in [1.82, 2.24) is 24.4 Å². The van der Waals surface area contributed by atoms with Crippen molar-refractivity contribution < 1.29 is 67.0 Å². The minimum atomic E-state index is -3.32. The van der Waals surface area contributed by atoms with Crippen molar-refractivity contribution >= 4 is 53.0 Å². The minimum absolute atomic E-state index is 0.0424. The number of aromatic nitrogens is 1. The fourth-order valence-electron chi connectivity index (χ4n) is 9.52. The molecule has 1 aromatic heterocycles. The third-order valence-electron chi connectivity index (χ3n) is 14.2. The summed E-state index contributed by atoms with van der Waals surface area (Å²) in [5, 5.41) is 24.3. The van der Waals surface area contributed by atoms with Gasteiger partial charge in [0.15, 0.2) is 34.9 Å². The number of hydrogen-bond donors (Lipinski definition) is 6. The van der Waals surface area contributed by atoms with E-state index < -0.39 is 82.3 Å². The smallest absolute Gasteiger partial charge is 0.376 e. The summed E-state index contributed by atoms with van der Waals surface area (Å²) in [7, 11) is -4.19. The number of nitrogens with two attached hydrogens (primary N) is 2. The van der Waals surface area contributed by atoms with Crippen LogP contribution in [0.5, 0.6) is 0 Å². The SMILES string of the molecule is CB(O)N1CCC(CNc2c(F)cc(F)cc2F)CC1.CB(O)N1CCC(COS(C)(=O)=O)CC1.Nc1c(F)cc(F)cc1F.Nc1cc(CN2CCC(C(=O)N3CCC(CNc4c(F)cc(F)cc4F)CC3)CC2)ccn1. The first-order valence-electron chi connectivity index (χ1n) is 25.9. The lowest BCUT2D eigenvalue weighted by Gasteiger charge is -2.37. The second-order valence-electron chi connectivity index (χ2n) is 20.2. The summed E-state index contributed by atoms with van der Waals surface area (Å²) in [4.78, 5) is 25.2. The van der Waals surface area contributed by atoms with Gasteiger partial charge in [0.2, 0.25) is 5.91 Å². The molecule has 4 aliphatic rings. The number of rotatable bonds is 14. The number of amides is 1. The predicted molar refractivity (Wildman–Crippen MR) is 283 cm³/mol. The zero-order valence-electron chi connectivity index (χ0n) is 44.0. The maximum Gasteiger partial charge on any atom is 0.376 e. The molecule has 78 heavy (non-hydrogen) atoms. The molecule has 27 heteroatoms. The molecule has 0 unspecified atom stereocenters. The van der Waals surface area contributed by atoms with E-state index in [4.69, 9.17) is 15.7 Å². The topological polar surface area (TPSA) is 203 Å². The van der Waals surface area contributed by atoms with Crippen LogP contribution in [0.2, 0.25) is 13.6 Å². The van der Waals surface area contributed by atoms with E-state index in [2.05, 4.69) is 20.5 Å². The lowest BCUT2D eigenvalue weighted by Crippen LogP contribution is -2.46. The maximum atomic E-state index is 13.8. The third kappa shape index (κ3) is 20.7. The zero-order valence-corrected chi connectivity index (χ0v) is 44.8. The van der Waals surface area contributed by atoms with Gasteiger partial charge in [-0.15, -0.1) is 0 Å². The quantitative estimate of drug-likeness (QED) is 0.0315. The molecule has 8 N–H and O–H groups in total. The van der Waals surface area contributed by atoms with Gasteiger partial charge in [-0.1, -0.05) is 0 Å². The molecule has 0 atom stereocenters. The Balaban J connectivity index is 0.000000211. The van der Waals surface area contributed by atoms with Crippen LogP contribution in [-0.2, 0) is 25.6 Å². The summed E-state index contributed by atoms with van der Waals surface area (Å²) < 4.78 is 143. The fourth-order valence-corrected chi connectivity index (χ4v) is 9.96. The largest absolute Gasteiger partial charge is 0.437 e. The molecule has 0 bridgehead atoms. The molecule has 15 nitrogen and oxygen atoms in total. The minimum Gasteiger partial charge on any atom is -0.437 e. The summed E-state index contributed by atoms with van der Waals surface area (Å²) >= 11 is 0. The molecule has 4 fully saturated rings. The van der Waals surface area contributed by atoms with Crippen molar-refractivity contribution in [2.45, 2.75) is 71.6 Å². The number of nitrogens with zero attached hydrogens (tertiary/aromatic N) is 5. The van der Waals surface area contributed by atoms with Gasteiger partial charge >= 0.3 is 14.1 Å². The summed E-state index contributed by atoms with van der Waals surface area (Å²) in [6, 6.07) is 7.58. The van der Waals surface area contributed by atoms with Crippen molar-refractivity contribution in [2.24, 2.45) is 23.7 Å². The Hall–Kier alpha value is -5.31. The number of carbonyl (C=O) groups is 1. The fraction of sp³-hybridized carbons (Fsp3) is 0.529. The summed E-state index contributed by atoms with van der Waals surface area (Å²) in [5.41, 5.74) is 10.5. The first-order chi connectivity index (χ1) is 36.8. The molecule has 0 aliphatic carbocycles. The highest BCUT2D eigenvalue weighted by Gasteiger charge is 2.32. The van der Waals surface area contributed by atoms with E-state index in [0.29, 0.717) is 68.4 Å². The van der Waals surface area contributed by atoms with Crippen LogP contribution in [0.3, 0.4) is 0 Å². The summed E-state index contributed by atoms with van der Waals surface area (Å²) in [6.45, 7) is 11.5. The Bertz CT molecular complexity index is 2590. The number of carbonyl (C=O) groups excluding carboxylic acids is 1. The number of likely N-dealkylation sites (tertiary alicyclic amines) is 2. The van der Waals surface area contributed by atoms with Gasteiger partial charge in [0.05, 0.1) is 12.9 Å². The standard InChI is InChI=1S/C24H30F3N5O.C13H18BF3N2O.C8H18BNO4S.C6H4F3N/c25-19-12-20(26)23(21(27)13-19)30-14-16-2-9-32(10-3-16)24(33)18-4-7-31(8-5-18)15-17-1-6-29-22(28)11-17;1-14(20)19-4-2-9(3-5-19)8-18-13-11(16)6-10(15)7-12(13)17;1-9(11)10-5-3-8(4-6-10)7-14-15(2,12)13;7-3-1-4(8)6(10)5(9)2-3/h1,6,11-13,16,18,30H,2-5,7-10,14-15H2,(H2,28,29);6-7,9,18,20H,2-5,8H2,1H3;8,11H,3-7H2,1-2H3;1-2H,10H2. The number of hydrogen-bond acceptors (Lipinski definition) is 14. The number of benzene rings is 3. The second-order valence-corrected chi connectivity index (χ2v) is 21.8. The molecule has 5 heterocycles. The maximum absolute atomic E-state index is 13.8. The molecule has 0 saturated carbocycles. The van der Waals surface area contributed by atoms with Gasteiger partial charge in [0.25, 0.3) is 10.1 Å². The summed E-state index contributed by atoms with van der Waals surface area (Å²) in [6.07, 6.45) is 9.45. The van der Waals surface area contributed by atoms with Crippen molar-refractivity contribution in [1.29, 1.82) is 0 Å².